The lowest BCUT2D eigenvalue weighted by Gasteiger charge is -2.30. The van der Waals surface area contributed by atoms with Crippen LogP contribution in [0, 0.1) is 0 Å². The van der Waals surface area contributed by atoms with E-state index in [1.54, 1.807) is 17.0 Å². The van der Waals surface area contributed by atoms with Crippen LogP contribution < -0.4 is 4.72 Å². The molecular weight excluding hydrogens is 396 g/mol. The summed E-state index contributed by atoms with van der Waals surface area (Å²) >= 11 is 0. The molecule has 1 amide bonds. The average Bonchev–Trinajstić information content (AvgIpc) is 3.18. The van der Waals surface area contributed by atoms with Crippen molar-refractivity contribution < 1.29 is 27.2 Å². The first-order chi connectivity index (χ1) is 13.6. The molecule has 0 saturated heterocycles. The predicted octanol–water partition coefficient (Wildman–Crippen LogP) is 2.56. The Kier molecular flexibility index (Phi) is 7.58. The third kappa shape index (κ3) is 6.16. The van der Waals surface area contributed by atoms with Crippen LogP contribution in [0.5, 0.6) is 0 Å². The second kappa shape index (κ2) is 9.71. The molecule has 0 bridgehead atoms. The quantitative estimate of drug-likeness (QED) is 0.623. The fourth-order valence-electron chi connectivity index (χ4n) is 2.91. The van der Waals surface area contributed by atoms with E-state index in [0.717, 1.165) is 0 Å². The number of carbonyl (C=O) groups excluding carboxylic acids is 2. The van der Waals surface area contributed by atoms with Gasteiger partial charge < -0.3 is 14.1 Å². The number of benzene rings is 1. The van der Waals surface area contributed by atoms with Crippen LogP contribution in [0.25, 0.3) is 0 Å². The number of amides is 1. The van der Waals surface area contributed by atoms with Crippen LogP contribution in [0.3, 0.4) is 0 Å². The number of hydrogen-bond acceptors (Lipinski definition) is 6. The number of carbonyl (C=O) groups is 2. The first kappa shape index (κ1) is 22.6. The van der Waals surface area contributed by atoms with E-state index in [1.807, 2.05) is 27.7 Å². The van der Waals surface area contributed by atoms with Crippen molar-refractivity contribution in [2.45, 2.75) is 51.2 Å². The van der Waals surface area contributed by atoms with Crippen molar-refractivity contribution >= 4 is 21.9 Å². The molecule has 0 spiro atoms. The van der Waals surface area contributed by atoms with Gasteiger partial charge in [-0.15, -0.1) is 0 Å². The van der Waals surface area contributed by atoms with Crippen LogP contribution in [0.1, 0.15) is 43.8 Å². The van der Waals surface area contributed by atoms with Gasteiger partial charge in [0.15, 0.2) is 6.61 Å². The zero-order chi connectivity index (χ0) is 21.6. The van der Waals surface area contributed by atoms with Crippen LogP contribution in [0.2, 0.25) is 0 Å². The summed E-state index contributed by atoms with van der Waals surface area (Å²) in [6.07, 6.45) is 1.45. The van der Waals surface area contributed by atoms with Crippen molar-refractivity contribution in [1.29, 1.82) is 0 Å². The van der Waals surface area contributed by atoms with Gasteiger partial charge in [-0.2, -0.15) is 0 Å². The van der Waals surface area contributed by atoms with E-state index in [4.69, 9.17) is 9.15 Å². The lowest BCUT2D eigenvalue weighted by molar-refractivity contribution is -0.138. The molecule has 1 N–H and O–H groups in total. The molecule has 158 valence electrons. The Morgan fingerprint density at radius 3 is 2.38 bits per heavy atom. The van der Waals surface area contributed by atoms with Crippen molar-refractivity contribution in [3.8, 4) is 0 Å². The highest BCUT2D eigenvalue weighted by atomic mass is 32.2. The second-order valence-electron chi connectivity index (χ2n) is 7.00. The molecule has 2 aromatic rings. The molecule has 1 aromatic carbocycles. The Morgan fingerprint density at radius 2 is 1.79 bits per heavy atom. The Labute approximate surface area is 170 Å². The molecule has 29 heavy (non-hydrogen) atoms. The number of hydrogen-bond donors (Lipinski definition) is 1. The van der Waals surface area contributed by atoms with Crippen LogP contribution in [0.15, 0.2) is 52.0 Å². The van der Waals surface area contributed by atoms with E-state index in [9.17, 15) is 18.0 Å². The summed E-state index contributed by atoms with van der Waals surface area (Å²) in [7, 11) is -3.85. The molecule has 1 aromatic heterocycles. The van der Waals surface area contributed by atoms with Crippen molar-refractivity contribution in [3.05, 3.63) is 54.0 Å². The number of rotatable bonds is 9. The number of nitrogens with one attached hydrogen (secondary N) is 1. The summed E-state index contributed by atoms with van der Waals surface area (Å²) in [5.41, 5.74) is 0.0410. The highest BCUT2D eigenvalue weighted by molar-refractivity contribution is 7.89. The fourth-order valence-corrected chi connectivity index (χ4v) is 3.95. The van der Waals surface area contributed by atoms with E-state index in [-0.39, 0.29) is 35.0 Å². The van der Waals surface area contributed by atoms with E-state index in [1.165, 1.54) is 30.5 Å². The summed E-state index contributed by atoms with van der Waals surface area (Å²) in [6.45, 7) is 7.09. The Bertz CT molecular complexity index is 928. The molecule has 0 unspecified atom stereocenters. The predicted molar refractivity (Wildman–Crippen MR) is 107 cm³/mol. The topological polar surface area (TPSA) is 106 Å². The summed E-state index contributed by atoms with van der Waals surface area (Å²) in [6, 6.07) is 8.68. The maximum Gasteiger partial charge on any atom is 0.338 e. The number of furan rings is 1. The minimum Gasteiger partial charge on any atom is -0.468 e. The number of esters is 1. The highest BCUT2D eigenvalue weighted by Gasteiger charge is 2.22. The van der Waals surface area contributed by atoms with Crippen LogP contribution in [-0.2, 0) is 26.1 Å². The molecule has 0 radical (unpaired) electrons. The molecule has 8 nitrogen and oxygen atoms in total. The third-order valence-electron chi connectivity index (χ3n) is 4.12. The monoisotopic (exact) mass is 422 g/mol. The van der Waals surface area contributed by atoms with Gasteiger partial charge in [0.1, 0.15) is 5.76 Å². The van der Waals surface area contributed by atoms with Crippen LogP contribution in [0.4, 0.5) is 0 Å². The molecule has 0 fully saturated rings. The Hall–Kier alpha value is -2.65. The van der Waals surface area contributed by atoms with Gasteiger partial charge in [0.2, 0.25) is 10.0 Å². The summed E-state index contributed by atoms with van der Waals surface area (Å²) in [5, 5.41) is 0. The minimum atomic E-state index is -3.85. The summed E-state index contributed by atoms with van der Waals surface area (Å²) in [4.78, 5) is 26.2. The van der Waals surface area contributed by atoms with Gasteiger partial charge in [-0.3, -0.25) is 4.79 Å². The fraction of sp³-hybridized carbons (Fsp3) is 0.400. The van der Waals surface area contributed by atoms with E-state index < -0.39 is 22.6 Å². The standard InChI is InChI=1S/C20H26N2O6S/c1-14(2)22(15(3)4)19(23)13-28-20(24)16-7-5-9-18(11-16)29(25,26)21-12-17-8-6-10-27-17/h5-11,14-15,21H,12-13H2,1-4H3. The van der Waals surface area contributed by atoms with Gasteiger partial charge in [-0.1, -0.05) is 6.07 Å². The molecule has 1 heterocycles. The Balaban J connectivity index is 2.04. The highest BCUT2D eigenvalue weighted by Crippen LogP contribution is 2.14. The van der Waals surface area contributed by atoms with Crippen molar-refractivity contribution in [2.24, 2.45) is 0 Å². The molecule has 9 heteroatoms. The van der Waals surface area contributed by atoms with Crippen molar-refractivity contribution in [1.82, 2.24) is 9.62 Å². The zero-order valence-electron chi connectivity index (χ0n) is 16.9. The SMILES string of the molecule is CC(C)N(C(=O)COC(=O)c1cccc(S(=O)(=O)NCc2ccco2)c1)C(C)C. The number of nitrogens with zero attached hydrogens (tertiary/aromatic N) is 1. The zero-order valence-corrected chi connectivity index (χ0v) is 17.7. The molecule has 0 aliphatic heterocycles. The first-order valence-electron chi connectivity index (χ1n) is 9.22. The Morgan fingerprint density at radius 1 is 1.10 bits per heavy atom. The van der Waals surface area contributed by atoms with E-state index >= 15 is 0 Å². The third-order valence-corrected chi connectivity index (χ3v) is 5.52. The minimum absolute atomic E-state index is 0.0151. The van der Waals surface area contributed by atoms with Crippen LogP contribution >= 0.6 is 0 Å². The summed E-state index contributed by atoms with van der Waals surface area (Å²) < 4.78 is 37.5. The molecule has 0 saturated carbocycles. The molecule has 0 atom stereocenters. The van der Waals surface area contributed by atoms with Gasteiger partial charge in [0, 0.05) is 12.1 Å². The molecule has 0 aliphatic rings. The van der Waals surface area contributed by atoms with Gasteiger partial charge >= 0.3 is 5.97 Å². The van der Waals surface area contributed by atoms with Gasteiger partial charge in [-0.25, -0.2) is 17.9 Å². The van der Waals surface area contributed by atoms with Gasteiger partial charge in [0.05, 0.1) is 23.3 Å². The van der Waals surface area contributed by atoms with E-state index in [2.05, 4.69) is 4.72 Å². The summed E-state index contributed by atoms with van der Waals surface area (Å²) in [5.74, 6) is -0.622. The van der Waals surface area contributed by atoms with Crippen molar-refractivity contribution in [2.75, 3.05) is 6.61 Å². The van der Waals surface area contributed by atoms with Gasteiger partial charge in [0.25, 0.3) is 5.91 Å². The van der Waals surface area contributed by atoms with Crippen LogP contribution in [-0.4, -0.2) is 43.9 Å². The maximum atomic E-state index is 12.4. The van der Waals surface area contributed by atoms with Gasteiger partial charge in [-0.05, 0) is 58.0 Å². The smallest absolute Gasteiger partial charge is 0.338 e. The normalized spacial score (nSPS) is 11.7. The average molecular weight is 423 g/mol. The molecular formula is C20H26N2O6S. The lowest BCUT2D eigenvalue weighted by Crippen LogP contribution is -2.44. The molecule has 0 aliphatic carbocycles. The van der Waals surface area contributed by atoms with E-state index in [0.29, 0.717) is 5.76 Å². The lowest BCUT2D eigenvalue weighted by atomic mass is 10.2. The largest absolute Gasteiger partial charge is 0.468 e. The van der Waals surface area contributed by atoms with Crippen molar-refractivity contribution in [3.63, 3.8) is 0 Å². The number of sulfonamides is 1. The molecule has 2 rings (SSSR count). The second-order valence-corrected chi connectivity index (χ2v) is 8.76. The first-order valence-corrected chi connectivity index (χ1v) is 10.7. The maximum absolute atomic E-state index is 12.4. The number of ether oxygens (including phenoxy) is 1.